The maximum absolute atomic E-state index is 14.8. The number of Topliss-reactive ketones (excluding diaryl/α,β-unsaturated/α-hetero) is 1. The molecule has 8 rings (SSSR count). The summed E-state index contributed by atoms with van der Waals surface area (Å²) in [6, 6.07) is 12.2. The molecular weight excluding hydrogens is 1080 g/mol. The minimum absolute atomic E-state index is 0.172. The van der Waals surface area contributed by atoms with Gasteiger partial charge in [0.05, 0.1) is 21.2 Å². The first-order chi connectivity index (χ1) is 35.6. The zero-order valence-corrected chi connectivity index (χ0v) is 47.8. The number of aromatic carboxylic acids is 1. The van der Waals surface area contributed by atoms with Crippen molar-refractivity contribution in [2.24, 2.45) is 17.6 Å². The summed E-state index contributed by atoms with van der Waals surface area (Å²) in [4.78, 5) is 66.1. The summed E-state index contributed by atoms with van der Waals surface area (Å²) < 4.78 is 59.1. The summed E-state index contributed by atoms with van der Waals surface area (Å²) in [5.74, 6) is -2.85. The number of ether oxygens (including phenoxy) is 1. The molecule has 6 heterocycles. The van der Waals surface area contributed by atoms with E-state index in [9.17, 15) is 31.9 Å². The number of aromatic nitrogens is 6. The van der Waals surface area contributed by atoms with Crippen LogP contribution in [0.2, 0.25) is 0 Å². The van der Waals surface area contributed by atoms with E-state index in [4.69, 9.17) is 15.6 Å². The van der Waals surface area contributed by atoms with Gasteiger partial charge in [-0.2, -0.15) is 0 Å². The first-order valence-corrected chi connectivity index (χ1v) is 28.3. The maximum atomic E-state index is 14.8. The molecule has 22 heteroatoms. The van der Waals surface area contributed by atoms with E-state index in [-0.39, 0.29) is 57.9 Å². The Labute approximate surface area is 457 Å². The van der Waals surface area contributed by atoms with Crippen LogP contribution in [-0.4, -0.2) is 59.3 Å². The van der Waals surface area contributed by atoms with Crippen molar-refractivity contribution < 1.29 is 41.8 Å². The lowest BCUT2D eigenvalue weighted by atomic mass is 10.0. The Morgan fingerprint density at radius 2 is 1.04 bits per heavy atom. The number of allylic oxidation sites excluding steroid dienone is 1. The number of nitrogens with two attached hydrogens (primary N) is 1. The molecule has 0 bridgehead atoms. The number of esters is 1. The molecule has 0 aliphatic rings. The van der Waals surface area contributed by atoms with Crippen LogP contribution in [0.5, 0.6) is 0 Å². The van der Waals surface area contributed by atoms with Crippen molar-refractivity contribution in [2.45, 2.75) is 101 Å². The van der Waals surface area contributed by atoms with Gasteiger partial charge in [-0.05, 0) is 101 Å². The molecule has 75 heavy (non-hydrogen) atoms. The third-order valence-electron chi connectivity index (χ3n) is 10.1. The van der Waals surface area contributed by atoms with E-state index in [1.54, 1.807) is 82.6 Å². The third kappa shape index (κ3) is 17.4. The first kappa shape index (κ1) is 60.1. The van der Waals surface area contributed by atoms with E-state index in [1.807, 2.05) is 46.9 Å². The van der Waals surface area contributed by atoms with E-state index in [0.29, 0.717) is 50.2 Å². The first-order valence-electron chi connectivity index (χ1n) is 23.4. The molecule has 12 nitrogen and oxygen atoms in total. The summed E-state index contributed by atoms with van der Waals surface area (Å²) >= 11 is 8.21. The molecule has 0 radical (unpaired) electrons. The summed E-state index contributed by atoms with van der Waals surface area (Å²) in [5.41, 5.74) is 8.58. The monoisotopic (exact) mass is 1140 g/mol. The summed E-state index contributed by atoms with van der Waals surface area (Å²) in [7, 11) is 0. The molecule has 8 aromatic rings. The van der Waals surface area contributed by atoms with Crippen LogP contribution in [0, 0.1) is 44.2 Å². The van der Waals surface area contributed by atoms with Crippen molar-refractivity contribution in [1.29, 1.82) is 0 Å². The van der Waals surface area contributed by atoms with Gasteiger partial charge in [-0.1, -0.05) is 57.5 Å². The Balaban J connectivity index is 0.000000195. The SMILES string of the molecule is CCOC(=O)c1nc(-c2ncc(C)s2)sc1C=C(C)C.Cc1cnc(-c2nc(C(=O)CCc3ccc(F)cc3)c(C(F)C(C)C)s2)s1.Cc1cnc(-c2nc(C(=O)O)c(C(F)C(C)C)s2)s1.NCc1ccc(F)cc1. The van der Waals surface area contributed by atoms with E-state index in [2.05, 4.69) is 29.9 Å². The highest BCUT2D eigenvalue weighted by Crippen LogP contribution is 2.40. The van der Waals surface area contributed by atoms with Gasteiger partial charge < -0.3 is 15.6 Å². The molecule has 398 valence electrons. The quantitative estimate of drug-likeness (QED) is 0.0531. The molecule has 2 atom stereocenters. The minimum Gasteiger partial charge on any atom is -0.476 e. The van der Waals surface area contributed by atoms with Gasteiger partial charge in [0.15, 0.2) is 47.2 Å². The average Bonchev–Trinajstić information content (AvgIpc) is 4.25. The van der Waals surface area contributed by atoms with Gasteiger partial charge in [-0.25, -0.2) is 57.1 Å². The molecule has 0 amide bonds. The Hall–Kier alpha value is -5.75. The molecule has 0 aliphatic carbocycles. The predicted molar refractivity (Wildman–Crippen MR) is 297 cm³/mol. The number of alkyl halides is 2. The number of benzene rings is 2. The Morgan fingerprint density at radius 1 is 0.627 bits per heavy atom. The lowest BCUT2D eigenvalue weighted by molar-refractivity contribution is 0.0519. The van der Waals surface area contributed by atoms with Crippen molar-refractivity contribution in [3.63, 3.8) is 0 Å². The zero-order chi connectivity index (χ0) is 55.1. The van der Waals surface area contributed by atoms with E-state index >= 15 is 0 Å². The number of carbonyl (C=O) groups excluding carboxylic acids is 2. The van der Waals surface area contributed by atoms with Crippen molar-refractivity contribution in [3.8, 4) is 30.0 Å². The third-order valence-corrected chi connectivity index (χ3v) is 16.5. The smallest absolute Gasteiger partial charge is 0.358 e. The Kier molecular flexibility index (Phi) is 22.8. The second-order valence-electron chi connectivity index (χ2n) is 17.4. The van der Waals surface area contributed by atoms with Crippen molar-refractivity contribution >= 4 is 91.8 Å². The number of hydrogen-bond acceptors (Lipinski definition) is 17. The molecule has 2 aromatic carbocycles. The summed E-state index contributed by atoms with van der Waals surface area (Å²) in [6.45, 7) is 19.4. The van der Waals surface area contributed by atoms with Crippen LogP contribution in [0.15, 0.2) is 72.7 Å². The highest BCUT2D eigenvalue weighted by molar-refractivity contribution is 7.23. The second kappa shape index (κ2) is 28.4. The molecule has 0 fully saturated rings. The van der Waals surface area contributed by atoms with Crippen molar-refractivity contribution in [1.82, 2.24) is 29.9 Å². The number of halogens is 4. The van der Waals surface area contributed by atoms with Crippen molar-refractivity contribution in [3.05, 3.63) is 142 Å². The average molecular weight is 1140 g/mol. The van der Waals surface area contributed by atoms with Crippen molar-refractivity contribution in [2.75, 3.05) is 6.61 Å². The van der Waals surface area contributed by atoms with Crippen LogP contribution in [0.3, 0.4) is 0 Å². The fraction of sp³-hybridized carbons (Fsp3) is 0.340. The van der Waals surface area contributed by atoms with Gasteiger partial charge in [-0.15, -0.1) is 68.0 Å². The molecule has 0 spiro atoms. The number of carboxylic acids is 1. The fourth-order valence-electron chi connectivity index (χ4n) is 6.32. The number of aryl methyl sites for hydroxylation is 4. The van der Waals surface area contributed by atoms with Crippen LogP contribution in [0.25, 0.3) is 36.1 Å². The van der Waals surface area contributed by atoms with Crippen LogP contribution in [0.4, 0.5) is 17.6 Å². The molecule has 3 N–H and O–H groups in total. The summed E-state index contributed by atoms with van der Waals surface area (Å²) in [5, 5.41) is 13.1. The summed E-state index contributed by atoms with van der Waals surface area (Å²) in [6.07, 6.45) is 5.29. The normalized spacial score (nSPS) is 11.7. The van der Waals surface area contributed by atoms with Crippen LogP contribution < -0.4 is 5.73 Å². The van der Waals surface area contributed by atoms with Crippen LogP contribution in [0.1, 0.15) is 139 Å². The van der Waals surface area contributed by atoms with E-state index in [1.165, 1.54) is 69.6 Å². The standard InChI is InChI=1S/C20H20F2N2OS2.C14H16N2O2S2.C12H13FN2O2S2.C7H8FN/c1-11(2)16(22)18-17(24-20(27-18)19-23-10-12(3)26-19)15(25)9-6-13-4-7-14(21)8-5-13;1-5-18-14(17)11-10(6-8(2)3)20-13(16-11)12-15-7-9(4)19-12;1-5(2)7(13)9-8(12(16)17)15-11(19-9)10-14-4-6(3)18-10;8-7-3-1-6(5-9)2-4-7/h4-5,7-8,10-11,16H,6,9H2,1-3H3;6-7H,5H2,1-4H3;4-5,7H,1-3H3,(H,16,17);1-4H,5,9H2. The van der Waals surface area contributed by atoms with Gasteiger partial charge in [0.25, 0.3) is 0 Å². The number of rotatable bonds is 16. The Bertz CT molecular complexity index is 3170. The topological polar surface area (TPSA) is 184 Å². The number of carbonyl (C=O) groups is 3. The molecule has 0 saturated carbocycles. The number of hydrogen-bond donors (Lipinski definition) is 2. The maximum Gasteiger partial charge on any atom is 0.358 e. The van der Waals surface area contributed by atoms with Crippen LogP contribution >= 0.6 is 68.0 Å². The molecule has 6 aromatic heterocycles. The fourth-order valence-corrected chi connectivity index (χ4v) is 12.2. The van der Waals surface area contributed by atoms with Gasteiger partial charge in [0, 0.05) is 46.2 Å². The lowest BCUT2D eigenvalue weighted by Gasteiger charge is -2.11. The highest BCUT2D eigenvalue weighted by Gasteiger charge is 2.29. The predicted octanol–water partition coefficient (Wildman–Crippen LogP) is 15.6. The van der Waals surface area contributed by atoms with Gasteiger partial charge in [0.1, 0.15) is 29.7 Å². The Morgan fingerprint density at radius 3 is 1.43 bits per heavy atom. The number of nitrogens with zero attached hydrogens (tertiary/aromatic N) is 6. The number of carboxylic acid groups (broad SMARTS) is 1. The lowest BCUT2D eigenvalue weighted by Crippen LogP contribution is -2.08. The molecule has 0 saturated heterocycles. The van der Waals surface area contributed by atoms with E-state index in [0.717, 1.165) is 57.6 Å². The van der Waals surface area contributed by atoms with Gasteiger partial charge in [0.2, 0.25) is 0 Å². The highest BCUT2D eigenvalue weighted by atomic mass is 32.1. The van der Waals surface area contributed by atoms with Gasteiger partial charge in [-0.3, -0.25) is 4.79 Å². The van der Waals surface area contributed by atoms with Gasteiger partial charge >= 0.3 is 11.9 Å². The minimum atomic E-state index is -1.32. The molecule has 0 aliphatic heterocycles. The molecule has 2 unspecified atom stereocenters. The number of thiazole rings is 6. The zero-order valence-electron chi connectivity index (χ0n) is 42.9. The second-order valence-corrected chi connectivity index (χ2v) is 24.2. The molecular formula is C53H57F4N7O5S6. The number of ketones is 1. The largest absolute Gasteiger partial charge is 0.476 e. The van der Waals surface area contributed by atoms with E-state index < -0.39 is 18.3 Å². The van der Waals surface area contributed by atoms with Crippen LogP contribution in [-0.2, 0) is 17.7 Å².